The number of ketones is 1. The first-order valence-electron chi connectivity index (χ1n) is 20.8. The lowest BCUT2D eigenvalue weighted by Crippen LogP contribution is -2.66. The number of Topliss-reactive ketones (excluding diaryl/α,β-unsaturated/α-hetero) is 1. The number of unbranched alkanes of at least 4 members (excludes halogenated alkanes) is 8. The average Bonchev–Trinajstić information content (AvgIpc) is 3.42. The Labute approximate surface area is 343 Å². The molecule has 0 aliphatic heterocycles. The number of fused-ring (bicyclic) bond motifs is 6. The van der Waals surface area contributed by atoms with Gasteiger partial charge in [-0.05, 0) is 47.3 Å². The summed E-state index contributed by atoms with van der Waals surface area (Å²) < 4.78 is 22.5. The van der Waals surface area contributed by atoms with Gasteiger partial charge < -0.3 is 29.3 Å². The zero-order valence-corrected chi connectivity index (χ0v) is 35.2. The van der Waals surface area contributed by atoms with Gasteiger partial charge in [-0.2, -0.15) is 0 Å². The maximum atomic E-state index is 13.6. The van der Waals surface area contributed by atoms with E-state index in [4.69, 9.17) is 18.8 Å². The van der Waals surface area contributed by atoms with E-state index in [2.05, 4.69) is 10.3 Å². The lowest BCUT2D eigenvalue weighted by atomic mass is 9.59. The molecule has 0 saturated heterocycles. The normalized spacial score (nSPS) is 30.3. The van der Waals surface area contributed by atoms with E-state index >= 15 is 0 Å². The van der Waals surface area contributed by atoms with E-state index in [-0.39, 0.29) is 30.7 Å². The van der Waals surface area contributed by atoms with E-state index in [0.29, 0.717) is 23.1 Å². The number of non-ortho nitro benzene ring substituents is 1. The van der Waals surface area contributed by atoms with Crippen LogP contribution in [-0.4, -0.2) is 92.2 Å². The molecule has 0 radical (unpaired) electrons. The molecule has 4 aliphatic carbocycles. The summed E-state index contributed by atoms with van der Waals surface area (Å²) in [4.78, 5) is 64.5. The summed E-state index contributed by atoms with van der Waals surface area (Å²) in [6.45, 7) is 10.3. The minimum absolute atomic E-state index is 0.138. The molecule has 1 heterocycles. The maximum Gasteiger partial charge on any atom is 0.306 e. The van der Waals surface area contributed by atoms with E-state index in [1.165, 1.54) is 19.9 Å². The third-order valence-electron chi connectivity index (χ3n) is 13.6. The first kappa shape index (κ1) is 43.9. The number of ether oxygens (including phenoxy) is 3. The van der Waals surface area contributed by atoms with E-state index in [0.717, 1.165) is 63.6 Å². The van der Waals surface area contributed by atoms with E-state index in [9.17, 15) is 39.5 Å². The smallest absolute Gasteiger partial charge is 0.306 e. The third-order valence-corrected chi connectivity index (χ3v) is 13.6. The predicted octanol–water partition coefficient (Wildman–Crippen LogP) is 6.10. The van der Waals surface area contributed by atoms with Gasteiger partial charge in [-0.3, -0.25) is 29.3 Å². The summed E-state index contributed by atoms with van der Waals surface area (Å²) in [5.74, 6) is -5.30. The number of hydrogen-bond donors (Lipinski definition) is 2. The number of aliphatic hydroxyl groups is 2. The second-order valence-corrected chi connectivity index (χ2v) is 17.7. The Morgan fingerprint density at radius 3 is 2.22 bits per heavy atom. The second kappa shape index (κ2) is 16.7. The fraction of sp³-hybridized carbons (Fsp3) is 0.674. The Hall–Kier alpha value is -4.70. The first-order chi connectivity index (χ1) is 27.8. The van der Waals surface area contributed by atoms with Crippen molar-refractivity contribution in [3.05, 3.63) is 45.5 Å². The summed E-state index contributed by atoms with van der Waals surface area (Å²) in [5, 5.41) is 43.9. The van der Waals surface area contributed by atoms with Crippen molar-refractivity contribution in [1.29, 1.82) is 0 Å². The van der Waals surface area contributed by atoms with Crippen LogP contribution in [0.25, 0.3) is 11.0 Å². The van der Waals surface area contributed by atoms with Crippen LogP contribution in [0.5, 0.6) is 0 Å². The molecule has 4 aliphatic rings. The molecule has 322 valence electrons. The van der Waals surface area contributed by atoms with E-state index < -0.39 is 80.6 Å². The van der Waals surface area contributed by atoms with Crippen LogP contribution in [0.2, 0.25) is 0 Å². The van der Waals surface area contributed by atoms with Gasteiger partial charge in [0, 0.05) is 75.4 Å². The number of rotatable bonds is 18. The molecule has 2 fully saturated rings. The lowest BCUT2D eigenvalue weighted by Gasteiger charge is -2.53. The topological polar surface area (TPSA) is 222 Å². The van der Waals surface area contributed by atoms with Gasteiger partial charge in [0.05, 0.1) is 16.2 Å². The summed E-state index contributed by atoms with van der Waals surface area (Å²) in [7, 11) is 1.92. The average molecular weight is 823 g/mol. The number of nitro groups is 1. The molecule has 59 heavy (non-hydrogen) atoms. The SMILES string of the molecule is CC(=O)OCC1=C[C@H]2[C@@H]3C(C)(C)[C@]3(OC(C)=O)[C@H](OC(=O)CCCCCCCCCCCN(C)c3ccc([N+](=O)[O-])c4nonc34)[C@@H](C)[C@]2(O)[C@@H]2C=C(C)C(=O)[C@@]2(O)C1. The van der Waals surface area contributed by atoms with Gasteiger partial charge in [0.1, 0.15) is 18.3 Å². The van der Waals surface area contributed by atoms with E-state index in [1.807, 2.05) is 25.8 Å². The molecular formula is C43H58N4O12. The molecule has 2 aromatic rings. The molecule has 8 atom stereocenters. The van der Waals surface area contributed by atoms with Gasteiger partial charge >= 0.3 is 23.6 Å². The van der Waals surface area contributed by atoms with Crippen molar-refractivity contribution >= 4 is 46.1 Å². The first-order valence-corrected chi connectivity index (χ1v) is 20.8. The molecule has 16 nitrogen and oxygen atoms in total. The highest BCUT2D eigenvalue weighted by Crippen LogP contribution is 2.77. The highest BCUT2D eigenvalue weighted by molar-refractivity contribution is 6.05. The van der Waals surface area contributed by atoms with Gasteiger partial charge in [-0.25, -0.2) is 4.63 Å². The number of anilines is 1. The lowest BCUT2D eigenvalue weighted by molar-refractivity contribution is -0.383. The minimum Gasteiger partial charge on any atom is -0.461 e. The molecule has 0 unspecified atom stereocenters. The van der Waals surface area contributed by atoms with Crippen molar-refractivity contribution in [2.75, 3.05) is 25.1 Å². The molecule has 0 bridgehead atoms. The third kappa shape index (κ3) is 7.78. The van der Waals surface area contributed by atoms with Crippen LogP contribution in [0.4, 0.5) is 11.4 Å². The van der Waals surface area contributed by atoms with Gasteiger partial charge in [-0.1, -0.05) is 77.9 Å². The Balaban J connectivity index is 1.01. The number of carbonyl (C=O) groups excluding carboxylic acids is 4. The summed E-state index contributed by atoms with van der Waals surface area (Å²) >= 11 is 0. The number of aromatic nitrogens is 2. The van der Waals surface area contributed by atoms with Crippen molar-refractivity contribution in [2.45, 2.75) is 135 Å². The number of benzene rings is 1. The fourth-order valence-corrected chi connectivity index (χ4v) is 10.7. The van der Waals surface area contributed by atoms with E-state index in [1.54, 1.807) is 32.1 Å². The van der Waals surface area contributed by atoms with Crippen molar-refractivity contribution in [3.63, 3.8) is 0 Å². The quantitative estimate of drug-likeness (QED) is 0.0433. The second-order valence-electron chi connectivity index (χ2n) is 17.7. The van der Waals surface area contributed by atoms with Gasteiger partial charge in [0.15, 0.2) is 16.9 Å². The highest BCUT2D eigenvalue weighted by Gasteiger charge is 2.87. The Bertz CT molecular complexity index is 2040. The zero-order valence-electron chi connectivity index (χ0n) is 35.2. The highest BCUT2D eigenvalue weighted by atomic mass is 16.6. The number of esters is 3. The Morgan fingerprint density at radius 2 is 1.59 bits per heavy atom. The van der Waals surface area contributed by atoms with Gasteiger partial charge in [0.2, 0.25) is 5.52 Å². The largest absolute Gasteiger partial charge is 0.461 e. The molecule has 2 N–H and O–H groups in total. The summed E-state index contributed by atoms with van der Waals surface area (Å²) in [6, 6.07) is 3.09. The standard InChI is InChI=1S/C43H58N4O12/c1-25-21-33-41(52,38(25)51)23-29(24-56-27(3)48)22-30-37-40(5,6)43(37,58-28(4)49)39(26(2)42(30,33)53)57-34(50)17-15-13-11-9-8-10-12-14-16-20-46(7)31-18-19-32(47(54)55)36-35(31)44-59-45-36/h18-19,21-22,26,30,33,37,39,52-53H,8-17,20,23-24H2,1-7H3/t26-,30+,33-,37-,39-,41-,42-,43-/m1/s1. The minimum atomic E-state index is -2.01. The molecule has 6 rings (SSSR count). The van der Waals surface area contributed by atoms with Crippen molar-refractivity contribution in [1.82, 2.24) is 10.3 Å². The number of nitrogens with zero attached hydrogens (tertiary/aromatic N) is 4. The van der Waals surface area contributed by atoms with Crippen molar-refractivity contribution in [3.8, 4) is 0 Å². The molecule has 16 heteroatoms. The Kier molecular flexibility index (Phi) is 12.5. The zero-order chi connectivity index (χ0) is 43.1. The monoisotopic (exact) mass is 822 g/mol. The molecule has 0 amide bonds. The molecule has 2 saturated carbocycles. The van der Waals surface area contributed by atoms with Crippen LogP contribution in [0, 0.1) is 39.2 Å². The van der Waals surface area contributed by atoms with Crippen LogP contribution in [0.3, 0.4) is 0 Å². The van der Waals surface area contributed by atoms with Gasteiger partial charge in [0.25, 0.3) is 0 Å². The molecule has 1 aromatic heterocycles. The van der Waals surface area contributed by atoms with Crippen LogP contribution < -0.4 is 4.90 Å². The summed E-state index contributed by atoms with van der Waals surface area (Å²) in [6.07, 6.45) is 10.9. The number of carbonyl (C=O) groups is 4. The van der Waals surface area contributed by atoms with Gasteiger partial charge in [-0.15, -0.1) is 0 Å². The number of hydrogen-bond acceptors (Lipinski definition) is 15. The maximum absolute atomic E-state index is 13.6. The number of nitro benzene ring substituents is 1. The molecular weight excluding hydrogens is 764 g/mol. The summed E-state index contributed by atoms with van der Waals surface area (Å²) in [5.41, 5.74) is -3.97. The van der Waals surface area contributed by atoms with Crippen LogP contribution in [0.1, 0.15) is 112 Å². The van der Waals surface area contributed by atoms with Crippen molar-refractivity contribution in [2.24, 2.45) is 29.1 Å². The molecule has 0 spiro atoms. The van der Waals surface area contributed by atoms with Crippen LogP contribution in [-0.2, 0) is 33.4 Å². The Morgan fingerprint density at radius 1 is 0.966 bits per heavy atom. The fourth-order valence-electron chi connectivity index (χ4n) is 10.7. The van der Waals surface area contributed by atoms with Crippen LogP contribution >= 0.6 is 0 Å². The predicted molar refractivity (Wildman–Crippen MR) is 214 cm³/mol. The van der Waals surface area contributed by atoms with Crippen LogP contribution in [0.15, 0.2) is 40.1 Å². The molecule has 1 aromatic carbocycles. The van der Waals surface area contributed by atoms with Crippen molar-refractivity contribution < 1.29 is 53.2 Å².